The number of rotatable bonds is 1. The number of aryl methyl sites for hydroxylation is 1. The van der Waals surface area contributed by atoms with Gasteiger partial charge in [-0.25, -0.2) is 14.4 Å². The quantitative estimate of drug-likeness (QED) is 0.765. The molecule has 0 amide bonds. The molecule has 18 heavy (non-hydrogen) atoms. The maximum Gasteiger partial charge on any atom is 0.232 e. The number of methoxy groups -OCH3 is 1. The van der Waals surface area contributed by atoms with Crippen molar-refractivity contribution >= 4 is 11.0 Å². The van der Waals surface area contributed by atoms with E-state index < -0.39 is 0 Å². The molecule has 100 valence electrons. The number of benzene rings is 1. The Kier molecular flexibility index (Phi) is 7.59. The molecule has 3 nitrogen and oxygen atoms in total. The Morgan fingerprint density at radius 2 is 1.72 bits per heavy atom. The minimum Gasteiger partial charge on any atom is -0.480 e. The van der Waals surface area contributed by atoms with Gasteiger partial charge in [0.25, 0.3) is 0 Å². The highest BCUT2D eigenvalue weighted by molar-refractivity contribution is 5.78. The highest BCUT2D eigenvalue weighted by atomic mass is 19.1. The van der Waals surface area contributed by atoms with Crippen LogP contribution in [0.2, 0.25) is 0 Å². The van der Waals surface area contributed by atoms with Crippen LogP contribution in [0, 0.1) is 12.7 Å². The summed E-state index contributed by atoms with van der Waals surface area (Å²) in [6.45, 7) is 9.67. The number of fused-ring (bicyclic) bond motifs is 1. The van der Waals surface area contributed by atoms with Crippen LogP contribution in [-0.2, 0) is 0 Å². The number of hydrogen-bond donors (Lipinski definition) is 0. The van der Waals surface area contributed by atoms with Crippen LogP contribution in [0.3, 0.4) is 0 Å². The van der Waals surface area contributed by atoms with E-state index in [0.717, 1.165) is 0 Å². The van der Waals surface area contributed by atoms with E-state index in [1.54, 1.807) is 13.0 Å². The second-order valence-electron chi connectivity index (χ2n) is 2.95. The van der Waals surface area contributed by atoms with E-state index in [2.05, 4.69) is 9.97 Å². The van der Waals surface area contributed by atoms with Gasteiger partial charge in [-0.1, -0.05) is 27.7 Å². The fourth-order valence-corrected chi connectivity index (χ4v) is 1.27. The Bertz CT molecular complexity index is 486. The Balaban J connectivity index is 0.000000659. The molecule has 0 saturated carbocycles. The predicted molar refractivity (Wildman–Crippen MR) is 73.5 cm³/mol. The maximum absolute atomic E-state index is 13.2. The van der Waals surface area contributed by atoms with E-state index >= 15 is 0 Å². The third-order valence-corrected chi connectivity index (χ3v) is 2.09. The molecule has 0 aliphatic carbocycles. The van der Waals surface area contributed by atoms with Crippen molar-refractivity contribution in [1.82, 2.24) is 9.97 Å². The lowest BCUT2D eigenvalue weighted by Crippen LogP contribution is -1.94. The van der Waals surface area contributed by atoms with E-state index in [9.17, 15) is 4.39 Å². The predicted octanol–water partition coefficient (Wildman–Crippen LogP) is 4.14. The fraction of sp³-hybridized carbons (Fsp3) is 0.429. The zero-order valence-electron chi connectivity index (χ0n) is 11.9. The van der Waals surface area contributed by atoms with Crippen molar-refractivity contribution < 1.29 is 9.13 Å². The van der Waals surface area contributed by atoms with Crippen molar-refractivity contribution in [3.8, 4) is 5.88 Å². The molecule has 0 spiro atoms. The van der Waals surface area contributed by atoms with Crippen molar-refractivity contribution in [1.29, 1.82) is 0 Å². The molecule has 1 aromatic carbocycles. The summed E-state index contributed by atoms with van der Waals surface area (Å²) in [7, 11) is 1.50. The first-order valence-electron chi connectivity index (χ1n) is 6.18. The molecule has 0 unspecified atom stereocenters. The zero-order valence-corrected chi connectivity index (χ0v) is 11.9. The summed E-state index contributed by atoms with van der Waals surface area (Å²) in [4.78, 5) is 8.23. The number of halogens is 1. The maximum atomic E-state index is 13.2. The van der Waals surface area contributed by atoms with Crippen molar-refractivity contribution in [2.45, 2.75) is 34.6 Å². The molecule has 0 aliphatic rings. The van der Waals surface area contributed by atoms with Crippen molar-refractivity contribution in [3.05, 3.63) is 29.7 Å². The minimum atomic E-state index is -0.278. The first kappa shape index (κ1) is 16.3. The molecule has 0 radical (unpaired) electrons. The lowest BCUT2D eigenvalue weighted by molar-refractivity contribution is 0.397. The summed E-state index contributed by atoms with van der Waals surface area (Å²) in [5.74, 6) is 0.117. The molecule has 0 fully saturated rings. The van der Waals surface area contributed by atoms with Gasteiger partial charge in [0, 0.05) is 5.56 Å². The van der Waals surface area contributed by atoms with Crippen LogP contribution in [0.4, 0.5) is 4.39 Å². The van der Waals surface area contributed by atoms with Gasteiger partial charge in [-0.3, -0.25) is 0 Å². The molecule has 4 heteroatoms. The van der Waals surface area contributed by atoms with Crippen molar-refractivity contribution in [2.24, 2.45) is 0 Å². The van der Waals surface area contributed by atoms with Crippen LogP contribution in [0.25, 0.3) is 11.0 Å². The van der Waals surface area contributed by atoms with Gasteiger partial charge in [0.2, 0.25) is 5.88 Å². The van der Waals surface area contributed by atoms with Gasteiger partial charge in [-0.15, -0.1) is 0 Å². The molecule has 1 heterocycles. The third kappa shape index (κ3) is 3.65. The first-order chi connectivity index (χ1) is 8.72. The summed E-state index contributed by atoms with van der Waals surface area (Å²) in [5.41, 5.74) is 1.71. The van der Waals surface area contributed by atoms with Gasteiger partial charge in [0.15, 0.2) is 0 Å². The standard InChI is InChI=1S/C10H9FN2O.2C2H6/c1-6-7(11)3-4-8-10(6)13-9(14-2)5-12-8;2*1-2/h3-5H,1-2H3;2*1-2H3. The molecular formula is C14H21FN2O. The van der Waals surface area contributed by atoms with E-state index in [0.29, 0.717) is 22.5 Å². The molecule has 0 aliphatic heterocycles. The molecular weight excluding hydrogens is 231 g/mol. The lowest BCUT2D eigenvalue weighted by atomic mass is 10.2. The monoisotopic (exact) mass is 252 g/mol. The van der Waals surface area contributed by atoms with Crippen LogP contribution in [-0.4, -0.2) is 17.1 Å². The normalized spacial score (nSPS) is 8.83. The first-order valence-corrected chi connectivity index (χ1v) is 6.18. The van der Waals surface area contributed by atoms with Crippen molar-refractivity contribution in [2.75, 3.05) is 7.11 Å². The van der Waals surface area contributed by atoms with Gasteiger partial charge in [0.05, 0.1) is 24.3 Å². The summed E-state index contributed by atoms with van der Waals surface area (Å²) < 4.78 is 18.1. The second-order valence-corrected chi connectivity index (χ2v) is 2.95. The fourth-order valence-electron chi connectivity index (χ4n) is 1.27. The molecule has 0 atom stereocenters. The van der Waals surface area contributed by atoms with Gasteiger partial charge in [-0.2, -0.15) is 0 Å². The average Bonchev–Trinajstić information content (AvgIpc) is 2.47. The number of hydrogen-bond acceptors (Lipinski definition) is 3. The zero-order chi connectivity index (χ0) is 14.1. The van der Waals surface area contributed by atoms with Crippen LogP contribution in [0.15, 0.2) is 18.3 Å². The van der Waals surface area contributed by atoms with Gasteiger partial charge >= 0.3 is 0 Å². The smallest absolute Gasteiger partial charge is 0.232 e. The highest BCUT2D eigenvalue weighted by Crippen LogP contribution is 2.19. The van der Waals surface area contributed by atoms with Gasteiger partial charge in [-0.05, 0) is 19.1 Å². The van der Waals surface area contributed by atoms with Crippen LogP contribution in [0.1, 0.15) is 33.3 Å². The Morgan fingerprint density at radius 1 is 1.11 bits per heavy atom. The van der Waals surface area contributed by atoms with Gasteiger partial charge in [0.1, 0.15) is 5.82 Å². The minimum absolute atomic E-state index is 0.278. The SMILES string of the molecule is CC.CC.COc1cnc2ccc(F)c(C)c2n1. The lowest BCUT2D eigenvalue weighted by Gasteiger charge is -2.03. The summed E-state index contributed by atoms with van der Waals surface area (Å²) in [5, 5.41) is 0. The summed E-state index contributed by atoms with van der Waals surface area (Å²) in [6, 6.07) is 2.99. The molecule has 2 aromatic rings. The van der Waals surface area contributed by atoms with E-state index in [1.807, 2.05) is 27.7 Å². The van der Waals surface area contributed by atoms with E-state index in [1.165, 1.54) is 19.4 Å². The Morgan fingerprint density at radius 3 is 2.28 bits per heavy atom. The number of ether oxygens (including phenoxy) is 1. The molecule has 0 N–H and O–H groups in total. The third-order valence-electron chi connectivity index (χ3n) is 2.09. The highest BCUT2D eigenvalue weighted by Gasteiger charge is 2.06. The van der Waals surface area contributed by atoms with E-state index in [4.69, 9.17) is 4.74 Å². The van der Waals surface area contributed by atoms with Crippen molar-refractivity contribution in [3.63, 3.8) is 0 Å². The van der Waals surface area contributed by atoms with E-state index in [-0.39, 0.29) is 5.82 Å². The van der Waals surface area contributed by atoms with Crippen LogP contribution >= 0.6 is 0 Å². The topological polar surface area (TPSA) is 35.0 Å². The average molecular weight is 252 g/mol. The Hall–Kier alpha value is -1.71. The summed E-state index contributed by atoms with van der Waals surface area (Å²) in [6.07, 6.45) is 1.51. The van der Waals surface area contributed by atoms with Crippen LogP contribution in [0.5, 0.6) is 5.88 Å². The largest absolute Gasteiger partial charge is 0.480 e. The molecule has 0 bridgehead atoms. The molecule has 2 rings (SSSR count). The number of aromatic nitrogens is 2. The summed E-state index contributed by atoms with van der Waals surface area (Å²) >= 11 is 0. The van der Waals surface area contributed by atoms with Gasteiger partial charge < -0.3 is 4.74 Å². The Labute approximate surface area is 108 Å². The van der Waals surface area contributed by atoms with Crippen LogP contribution < -0.4 is 4.74 Å². The molecule has 0 saturated heterocycles. The molecule has 1 aromatic heterocycles. The second kappa shape index (κ2) is 8.39. The number of nitrogens with zero attached hydrogens (tertiary/aromatic N) is 2.